The molecular formula is C19H20FN3O3. The van der Waals surface area contributed by atoms with E-state index in [-0.39, 0.29) is 11.4 Å². The van der Waals surface area contributed by atoms with Crippen molar-refractivity contribution in [3.63, 3.8) is 0 Å². The van der Waals surface area contributed by atoms with Gasteiger partial charge in [0.2, 0.25) is 0 Å². The fraction of sp³-hybridized carbons (Fsp3) is 0.263. The lowest BCUT2D eigenvalue weighted by molar-refractivity contribution is 0.0697. The number of halogens is 1. The summed E-state index contributed by atoms with van der Waals surface area (Å²) in [7, 11) is 0. The van der Waals surface area contributed by atoms with Gasteiger partial charge in [-0.3, -0.25) is 5.43 Å². The van der Waals surface area contributed by atoms with E-state index in [0.717, 1.165) is 0 Å². The van der Waals surface area contributed by atoms with Gasteiger partial charge in [-0.15, -0.1) is 0 Å². The Balaban J connectivity index is 1.70. The standard InChI is InChI=1S/C19H20FN3O3/c1-13(21-22-16-5-2-14(3-6-16)19(24)25)15-4-7-18(17(20)12-15)23-8-10-26-11-9-23/h2-7,12,22H,8-11H2,1H3,(H,24,25). The van der Waals surface area contributed by atoms with Crippen LogP contribution in [-0.2, 0) is 4.74 Å². The molecule has 1 fully saturated rings. The van der Waals surface area contributed by atoms with Crippen LogP contribution in [0.2, 0.25) is 0 Å². The second kappa shape index (κ2) is 7.97. The Morgan fingerprint density at radius 1 is 1.15 bits per heavy atom. The van der Waals surface area contributed by atoms with Gasteiger partial charge >= 0.3 is 5.97 Å². The molecule has 0 unspecified atom stereocenters. The molecule has 0 atom stereocenters. The molecule has 0 spiro atoms. The van der Waals surface area contributed by atoms with Crippen LogP contribution in [-0.4, -0.2) is 43.1 Å². The summed E-state index contributed by atoms with van der Waals surface area (Å²) in [6.45, 7) is 4.34. The van der Waals surface area contributed by atoms with Gasteiger partial charge < -0.3 is 14.7 Å². The molecule has 1 aliphatic heterocycles. The van der Waals surface area contributed by atoms with Gasteiger partial charge in [-0.25, -0.2) is 9.18 Å². The van der Waals surface area contributed by atoms with E-state index < -0.39 is 5.97 Å². The molecule has 6 nitrogen and oxygen atoms in total. The minimum Gasteiger partial charge on any atom is -0.478 e. The van der Waals surface area contributed by atoms with Gasteiger partial charge in [-0.05, 0) is 43.3 Å². The Bertz CT molecular complexity index is 815. The zero-order valence-corrected chi connectivity index (χ0v) is 14.4. The number of ether oxygens (including phenoxy) is 1. The van der Waals surface area contributed by atoms with E-state index in [1.54, 1.807) is 25.1 Å². The second-order valence-corrected chi connectivity index (χ2v) is 5.96. The number of carbonyl (C=O) groups is 1. The highest BCUT2D eigenvalue weighted by atomic mass is 19.1. The molecule has 0 amide bonds. The van der Waals surface area contributed by atoms with Crippen molar-refractivity contribution in [2.75, 3.05) is 36.6 Å². The van der Waals surface area contributed by atoms with E-state index in [9.17, 15) is 9.18 Å². The molecule has 0 saturated carbocycles. The molecule has 2 N–H and O–H groups in total. The number of hydrogen-bond donors (Lipinski definition) is 2. The van der Waals surface area contributed by atoms with Gasteiger partial charge in [0.15, 0.2) is 0 Å². The second-order valence-electron chi connectivity index (χ2n) is 5.96. The Hall–Kier alpha value is -2.93. The van der Waals surface area contributed by atoms with Crippen molar-refractivity contribution < 1.29 is 19.0 Å². The number of morpholine rings is 1. The zero-order chi connectivity index (χ0) is 18.5. The summed E-state index contributed by atoms with van der Waals surface area (Å²) in [6, 6.07) is 11.3. The van der Waals surface area contributed by atoms with Crippen LogP contribution in [0.25, 0.3) is 0 Å². The molecule has 7 heteroatoms. The summed E-state index contributed by atoms with van der Waals surface area (Å²) in [4.78, 5) is 12.8. The van der Waals surface area contributed by atoms with Crippen molar-refractivity contribution in [1.82, 2.24) is 0 Å². The fourth-order valence-corrected chi connectivity index (χ4v) is 2.69. The smallest absolute Gasteiger partial charge is 0.335 e. The van der Waals surface area contributed by atoms with Gasteiger partial charge in [0.25, 0.3) is 0 Å². The number of hydrazone groups is 1. The summed E-state index contributed by atoms with van der Waals surface area (Å²) >= 11 is 0. The molecule has 2 aromatic carbocycles. The van der Waals surface area contributed by atoms with Crippen LogP contribution in [0.15, 0.2) is 47.6 Å². The molecule has 0 bridgehead atoms. The first-order valence-electron chi connectivity index (χ1n) is 8.31. The maximum absolute atomic E-state index is 14.5. The Morgan fingerprint density at radius 3 is 2.42 bits per heavy atom. The fourth-order valence-electron chi connectivity index (χ4n) is 2.69. The van der Waals surface area contributed by atoms with Crippen molar-refractivity contribution in [1.29, 1.82) is 0 Å². The first-order chi connectivity index (χ1) is 12.5. The predicted molar refractivity (Wildman–Crippen MR) is 98.7 cm³/mol. The normalized spacial score (nSPS) is 15.0. The minimum atomic E-state index is -0.980. The quantitative estimate of drug-likeness (QED) is 0.635. The average molecular weight is 357 g/mol. The number of carboxylic acid groups (broad SMARTS) is 1. The van der Waals surface area contributed by atoms with E-state index in [4.69, 9.17) is 9.84 Å². The first-order valence-corrected chi connectivity index (χ1v) is 8.31. The molecule has 0 aliphatic carbocycles. The van der Waals surface area contributed by atoms with Crippen LogP contribution in [0.5, 0.6) is 0 Å². The Kier molecular flexibility index (Phi) is 5.48. The largest absolute Gasteiger partial charge is 0.478 e. The zero-order valence-electron chi connectivity index (χ0n) is 14.4. The van der Waals surface area contributed by atoms with Crippen molar-refractivity contribution in [2.45, 2.75) is 6.92 Å². The van der Waals surface area contributed by atoms with Crippen molar-refractivity contribution in [3.8, 4) is 0 Å². The van der Waals surface area contributed by atoms with Crippen LogP contribution in [0.1, 0.15) is 22.8 Å². The highest BCUT2D eigenvalue weighted by Crippen LogP contribution is 2.22. The van der Waals surface area contributed by atoms with E-state index in [0.29, 0.717) is 49.0 Å². The monoisotopic (exact) mass is 357 g/mol. The van der Waals surface area contributed by atoms with Gasteiger partial charge in [0, 0.05) is 18.7 Å². The minimum absolute atomic E-state index is 0.206. The predicted octanol–water partition coefficient (Wildman–Crippen LogP) is 3.20. The van der Waals surface area contributed by atoms with Crippen molar-refractivity contribution >= 4 is 23.1 Å². The van der Waals surface area contributed by atoms with Crippen molar-refractivity contribution in [3.05, 3.63) is 59.4 Å². The van der Waals surface area contributed by atoms with Gasteiger partial charge in [0.05, 0.1) is 35.9 Å². The molecule has 0 radical (unpaired) electrons. The number of carboxylic acids is 1. The van der Waals surface area contributed by atoms with E-state index in [1.807, 2.05) is 11.0 Å². The topological polar surface area (TPSA) is 74.2 Å². The van der Waals surface area contributed by atoms with Crippen LogP contribution >= 0.6 is 0 Å². The lowest BCUT2D eigenvalue weighted by atomic mass is 10.1. The van der Waals surface area contributed by atoms with E-state index in [1.165, 1.54) is 18.2 Å². The molecule has 2 aromatic rings. The Labute approximate surface area is 150 Å². The third kappa shape index (κ3) is 4.18. The number of nitrogens with zero attached hydrogens (tertiary/aromatic N) is 2. The maximum Gasteiger partial charge on any atom is 0.335 e. The third-order valence-corrected chi connectivity index (χ3v) is 4.20. The van der Waals surface area contributed by atoms with Gasteiger partial charge in [-0.1, -0.05) is 6.07 Å². The summed E-state index contributed by atoms with van der Waals surface area (Å²) < 4.78 is 19.8. The van der Waals surface area contributed by atoms with Crippen LogP contribution < -0.4 is 10.3 Å². The summed E-state index contributed by atoms with van der Waals surface area (Å²) in [5.74, 6) is -1.27. The highest BCUT2D eigenvalue weighted by Gasteiger charge is 2.15. The SMILES string of the molecule is CC(=NNc1ccc(C(=O)O)cc1)c1ccc(N2CCOCC2)c(F)c1. The number of nitrogens with one attached hydrogen (secondary N) is 1. The Morgan fingerprint density at radius 2 is 1.81 bits per heavy atom. The van der Waals surface area contributed by atoms with Crippen LogP contribution in [0, 0.1) is 5.82 Å². The van der Waals surface area contributed by atoms with Crippen LogP contribution in [0.3, 0.4) is 0 Å². The van der Waals surface area contributed by atoms with E-state index >= 15 is 0 Å². The maximum atomic E-state index is 14.5. The lowest BCUT2D eigenvalue weighted by Crippen LogP contribution is -2.36. The highest BCUT2D eigenvalue weighted by molar-refractivity contribution is 5.99. The molecule has 3 rings (SSSR count). The molecule has 136 valence electrons. The van der Waals surface area contributed by atoms with Crippen LogP contribution in [0.4, 0.5) is 15.8 Å². The molecule has 1 saturated heterocycles. The lowest BCUT2D eigenvalue weighted by Gasteiger charge is -2.29. The number of benzene rings is 2. The summed E-state index contributed by atoms with van der Waals surface area (Å²) in [5.41, 5.74) is 5.58. The van der Waals surface area contributed by atoms with E-state index in [2.05, 4.69) is 10.5 Å². The van der Waals surface area contributed by atoms with Crippen molar-refractivity contribution in [2.24, 2.45) is 5.10 Å². The first kappa shape index (κ1) is 17.9. The molecule has 0 aromatic heterocycles. The molecule has 1 heterocycles. The molecular weight excluding hydrogens is 337 g/mol. The number of rotatable bonds is 5. The summed E-state index contributed by atoms with van der Waals surface area (Å²) in [6.07, 6.45) is 0. The third-order valence-electron chi connectivity index (χ3n) is 4.20. The molecule has 1 aliphatic rings. The van der Waals surface area contributed by atoms with Gasteiger partial charge in [-0.2, -0.15) is 5.10 Å². The molecule has 26 heavy (non-hydrogen) atoms. The number of aromatic carboxylic acids is 1. The average Bonchev–Trinajstić information content (AvgIpc) is 2.67. The number of anilines is 2. The van der Waals surface area contributed by atoms with Gasteiger partial charge in [0.1, 0.15) is 5.82 Å². The number of hydrogen-bond acceptors (Lipinski definition) is 5. The summed E-state index contributed by atoms with van der Waals surface area (Å²) in [5, 5.41) is 13.1.